The number of rotatable bonds is 7. The number of nitrogens with zero attached hydrogens (tertiary/aromatic N) is 2. The van der Waals surface area contributed by atoms with Crippen LogP contribution in [0.1, 0.15) is 36.6 Å². The van der Waals surface area contributed by atoms with Crippen molar-refractivity contribution in [2.75, 3.05) is 6.61 Å². The Morgan fingerprint density at radius 1 is 1.03 bits per heavy atom. The number of ether oxygens (including phenoxy) is 1. The zero-order chi connectivity index (χ0) is 23.4. The molecule has 6 heteroatoms. The molecular formula is C27H26N2O4. The molecule has 1 N–H and O–H groups in total. The first-order valence-corrected chi connectivity index (χ1v) is 10.9. The fourth-order valence-corrected chi connectivity index (χ4v) is 3.84. The van der Waals surface area contributed by atoms with Gasteiger partial charge in [-0.2, -0.15) is 0 Å². The SMILES string of the molecule is CC(C)COc1ccc(/C(O)=C2\C(=O)C(=O)N(Cc3cccnc3)[C@H]2c2ccccc2)cc1. The van der Waals surface area contributed by atoms with Crippen LogP contribution >= 0.6 is 0 Å². The largest absolute Gasteiger partial charge is 0.507 e. The van der Waals surface area contributed by atoms with Crippen molar-refractivity contribution in [1.29, 1.82) is 0 Å². The molecule has 1 aromatic heterocycles. The van der Waals surface area contributed by atoms with Crippen LogP contribution in [0.2, 0.25) is 0 Å². The molecule has 0 saturated carbocycles. The van der Waals surface area contributed by atoms with Gasteiger partial charge in [0.1, 0.15) is 11.5 Å². The highest BCUT2D eigenvalue weighted by molar-refractivity contribution is 6.46. The van der Waals surface area contributed by atoms with E-state index in [0.29, 0.717) is 23.8 Å². The van der Waals surface area contributed by atoms with Crippen molar-refractivity contribution in [3.05, 3.63) is 101 Å². The highest BCUT2D eigenvalue weighted by Gasteiger charge is 2.46. The molecule has 2 aromatic carbocycles. The van der Waals surface area contributed by atoms with Gasteiger partial charge in [-0.15, -0.1) is 0 Å². The number of benzene rings is 2. The highest BCUT2D eigenvalue weighted by atomic mass is 16.5. The van der Waals surface area contributed by atoms with Crippen LogP contribution in [-0.2, 0) is 16.1 Å². The van der Waals surface area contributed by atoms with Crippen LogP contribution in [0.4, 0.5) is 0 Å². The molecule has 1 amide bonds. The molecular weight excluding hydrogens is 416 g/mol. The van der Waals surface area contributed by atoms with E-state index in [1.165, 1.54) is 4.90 Å². The average molecular weight is 443 g/mol. The first-order valence-electron chi connectivity index (χ1n) is 10.9. The van der Waals surface area contributed by atoms with Gasteiger partial charge in [-0.05, 0) is 47.4 Å². The second kappa shape index (κ2) is 9.69. The van der Waals surface area contributed by atoms with Gasteiger partial charge >= 0.3 is 0 Å². The van der Waals surface area contributed by atoms with Crippen LogP contribution in [-0.4, -0.2) is 33.3 Å². The number of likely N-dealkylation sites (tertiary alicyclic amines) is 1. The first kappa shape index (κ1) is 22.3. The third kappa shape index (κ3) is 4.80. The summed E-state index contributed by atoms with van der Waals surface area (Å²) < 4.78 is 5.71. The standard InChI is InChI=1S/C27H26N2O4/c1-18(2)17-33-22-12-10-21(11-13-22)25(30)23-24(20-8-4-3-5-9-20)29(27(32)26(23)31)16-19-7-6-14-28-15-19/h3-15,18,24,30H,16-17H2,1-2H3/b25-23+/t24-/m0/s1. The second-order valence-corrected chi connectivity index (χ2v) is 8.43. The maximum absolute atomic E-state index is 13.1. The Hall–Kier alpha value is -3.93. The van der Waals surface area contributed by atoms with Crippen LogP contribution in [0, 0.1) is 5.92 Å². The van der Waals surface area contributed by atoms with Gasteiger partial charge in [0, 0.05) is 24.5 Å². The lowest BCUT2D eigenvalue weighted by Crippen LogP contribution is -2.29. The maximum atomic E-state index is 13.1. The van der Waals surface area contributed by atoms with E-state index in [0.717, 1.165) is 11.1 Å². The summed E-state index contributed by atoms with van der Waals surface area (Å²) in [5.74, 6) is -0.487. The van der Waals surface area contributed by atoms with Crippen molar-refractivity contribution in [3.63, 3.8) is 0 Å². The van der Waals surface area contributed by atoms with Crippen molar-refractivity contribution in [2.24, 2.45) is 5.92 Å². The number of aliphatic hydroxyl groups is 1. The van der Waals surface area contributed by atoms with Gasteiger partial charge < -0.3 is 14.7 Å². The lowest BCUT2D eigenvalue weighted by atomic mass is 9.95. The smallest absolute Gasteiger partial charge is 0.295 e. The third-order valence-corrected chi connectivity index (χ3v) is 5.44. The molecule has 1 fully saturated rings. The normalized spacial score (nSPS) is 17.5. The fraction of sp³-hybridized carbons (Fsp3) is 0.222. The minimum atomic E-state index is -0.705. The van der Waals surface area contributed by atoms with E-state index in [2.05, 4.69) is 18.8 Å². The van der Waals surface area contributed by atoms with Crippen LogP contribution < -0.4 is 4.74 Å². The van der Waals surface area contributed by atoms with Crippen molar-refractivity contribution in [1.82, 2.24) is 9.88 Å². The van der Waals surface area contributed by atoms with Crippen molar-refractivity contribution < 1.29 is 19.4 Å². The molecule has 0 spiro atoms. The van der Waals surface area contributed by atoms with E-state index in [1.54, 1.807) is 42.7 Å². The molecule has 6 nitrogen and oxygen atoms in total. The molecule has 4 rings (SSSR count). The van der Waals surface area contributed by atoms with E-state index in [-0.39, 0.29) is 17.9 Å². The topological polar surface area (TPSA) is 79.7 Å². The minimum absolute atomic E-state index is 0.0749. The first-order chi connectivity index (χ1) is 16.0. The van der Waals surface area contributed by atoms with Crippen molar-refractivity contribution >= 4 is 17.4 Å². The molecule has 1 atom stereocenters. The third-order valence-electron chi connectivity index (χ3n) is 5.44. The quantitative estimate of drug-likeness (QED) is 0.325. The summed E-state index contributed by atoms with van der Waals surface area (Å²) in [6, 6.07) is 19.1. The minimum Gasteiger partial charge on any atom is -0.507 e. The molecule has 1 saturated heterocycles. The number of carbonyl (C=O) groups excluding carboxylic acids is 2. The summed E-state index contributed by atoms with van der Waals surface area (Å²) in [7, 11) is 0. The van der Waals surface area contributed by atoms with E-state index < -0.39 is 17.7 Å². The van der Waals surface area contributed by atoms with Crippen LogP contribution in [0.15, 0.2) is 84.7 Å². The predicted molar refractivity (Wildman–Crippen MR) is 125 cm³/mol. The summed E-state index contributed by atoms with van der Waals surface area (Å²) in [5, 5.41) is 11.2. The Morgan fingerprint density at radius 2 is 1.76 bits per heavy atom. The van der Waals surface area contributed by atoms with Gasteiger partial charge in [0.25, 0.3) is 11.7 Å². The Morgan fingerprint density at radius 3 is 2.39 bits per heavy atom. The number of ketones is 1. The molecule has 2 heterocycles. The lowest BCUT2D eigenvalue weighted by Gasteiger charge is -2.25. The van der Waals surface area contributed by atoms with Crippen molar-refractivity contribution in [3.8, 4) is 5.75 Å². The van der Waals surface area contributed by atoms with E-state index >= 15 is 0 Å². The summed E-state index contributed by atoms with van der Waals surface area (Å²) in [4.78, 5) is 31.7. The van der Waals surface area contributed by atoms with Crippen LogP contribution in [0.25, 0.3) is 5.76 Å². The molecule has 0 radical (unpaired) electrons. The molecule has 1 aliphatic rings. The number of carbonyl (C=O) groups is 2. The van der Waals surface area contributed by atoms with Gasteiger partial charge in [-0.1, -0.05) is 50.2 Å². The number of Topliss-reactive ketones (excluding diaryl/α,β-unsaturated/α-hetero) is 1. The molecule has 168 valence electrons. The van der Waals surface area contributed by atoms with Crippen molar-refractivity contribution in [2.45, 2.75) is 26.4 Å². The monoisotopic (exact) mass is 442 g/mol. The van der Waals surface area contributed by atoms with Gasteiger partial charge in [-0.25, -0.2) is 0 Å². The van der Waals surface area contributed by atoms with Crippen LogP contribution in [0.3, 0.4) is 0 Å². The van der Waals surface area contributed by atoms with Gasteiger partial charge in [0.2, 0.25) is 0 Å². The summed E-state index contributed by atoms with van der Waals surface area (Å²) in [6.45, 7) is 4.91. The van der Waals surface area contributed by atoms with Gasteiger partial charge in [-0.3, -0.25) is 14.6 Å². The molecule has 33 heavy (non-hydrogen) atoms. The Bertz CT molecular complexity index is 1160. The van der Waals surface area contributed by atoms with Gasteiger partial charge in [0.05, 0.1) is 18.2 Å². The van der Waals surface area contributed by atoms with E-state index in [1.807, 2.05) is 36.4 Å². The van der Waals surface area contributed by atoms with E-state index in [4.69, 9.17) is 4.74 Å². The number of amides is 1. The van der Waals surface area contributed by atoms with Gasteiger partial charge in [0.15, 0.2) is 0 Å². The van der Waals surface area contributed by atoms with E-state index in [9.17, 15) is 14.7 Å². The zero-order valence-electron chi connectivity index (χ0n) is 18.6. The lowest BCUT2D eigenvalue weighted by molar-refractivity contribution is -0.140. The fourth-order valence-electron chi connectivity index (χ4n) is 3.84. The number of pyridine rings is 1. The maximum Gasteiger partial charge on any atom is 0.295 e. The Balaban J connectivity index is 1.74. The Labute approximate surface area is 193 Å². The number of aromatic nitrogens is 1. The Kier molecular flexibility index (Phi) is 6.54. The predicted octanol–water partition coefficient (Wildman–Crippen LogP) is 4.74. The molecule has 0 aliphatic carbocycles. The molecule has 1 aliphatic heterocycles. The molecule has 0 bridgehead atoms. The average Bonchev–Trinajstić information content (AvgIpc) is 3.09. The van der Waals surface area contributed by atoms with Crippen LogP contribution in [0.5, 0.6) is 5.75 Å². The zero-order valence-corrected chi connectivity index (χ0v) is 18.6. The number of hydrogen-bond acceptors (Lipinski definition) is 5. The summed E-state index contributed by atoms with van der Waals surface area (Å²) in [5.41, 5.74) is 2.07. The number of aliphatic hydroxyl groups excluding tert-OH is 1. The molecule has 0 unspecified atom stereocenters. The second-order valence-electron chi connectivity index (χ2n) is 8.43. The molecule has 3 aromatic rings. The number of hydrogen-bond donors (Lipinski definition) is 1. The summed E-state index contributed by atoms with van der Waals surface area (Å²) >= 11 is 0. The highest BCUT2D eigenvalue weighted by Crippen LogP contribution is 2.40. The summed E-state index contributed by atoms with van der Waals surface area (Å²) in [6.07, 6.45) is 3.32.